The highest BCUT2D eigenvalue weighted by atomic mass is 35.5. The van der Waals surface area contributed by atoms with Crippen molar-refractivity contribution >= 4 is 11.6 Å². The van der Waals surface area contributed by atoms with Gasteiger partial charge in [0.1, 0.15) is 0 Å². The van der Waals surface area contributed by atoms with Crippen molar-refractivity contribution in [2.45, 2.75) is 31.8 Å². The van der Waals surface area contributed by atoms with E-state index >= 15 is 0 Å². The molecule has 0 spiro atoms. The van der Waals surface area contributed by atoms with E-state index in [1.54, 1.807) is 0 Å². The Bertz CT molecular complexity index is 537. The van der Waals surface area contributed by atoms with Gasteiger partial charge in [0.05, 0.1) is 0 Å². The van der Waals surface area contributed by atoms with Crippen molar-refractivity contribution in [1.82, 2.24) is 10.2 Å². The van der Waals surface area contributed by atoms with Gasteiger partial charge in [-0.1, -0.05) is 11.6 Å². The lowest BCUT2D eigenvalue weighted by molar-refractivity contribution is 0.109. The van der Waals surface area contributed by atoms with Crippen LogP contribution in [0.4, 0.5) is 0 Å². The van der Waals surface area contributed by atoms with Crippen molar-refractivity contribution < 1.29 is 9.47 Å². The first-order chi connectivity index (χ1) is 10.3. The second-order valence-electron chi connectivity index (χ2n) is 6.28. The summed E-state index contributed by atoms with van der Waals surface area (Å²) in [6.07, 6.45) is 3.90. The first-order valence-corrected chi connectivity index (χ1v) is 8.21. The van der Waals surface area contributed by atoms with Crippen LogP contribution in [-0.2, 0) is 6.54 Å². The number of halogens is 1. The molecule has 21 heavy (non-hydrogen) atoms. The molecule has 0 unspecified atom stereocenters. The summed E-state index contributed by atoms with van der Waals surface area (Å²) in [5.74, 6) is 2.38. The monoisotopic (exact) mass is 308 g/mol. The van der Waals surface area contributed by atoms with Crippen LogP contribution in [0.3, 0.4) is 0 Å². The van der Waals surface area contributed by atoms with Crippen molar-refractivity contribution in [3.8, 4) is 11.5 Å². The molecule has 0 aliphatic carbocycles. The average molecular weight is 309 g/mol. The molecule has 0 bridgehead atoms. The van der Waals surface area contributed by atoms with E-state index in [9.17, 15) is 0 Å². The molecule has 0 radical (unpaired) electrons. The molecule has 3 heterocycles. The summed E-state index contributed by atoms with van der Waals surface area (Å²) in [6.45, 7) is 4.70. The second kappa shape index (κ2) is 5.67. The fraction of sp³-hybridized carbons (Fsp3) is 0.625. The number of piperidine rings is 2. The summed E-state index contributed by atoms with van der Waals surface area (Å²) in [4.78, 5) is 2.53. The zero-order valence-electron chi connectivity index (χ0n) is 12.1. The van der Waals surface area contributed by atoms with E-state index in [0.29, 0.717) is 6.79 Å². The fourth-order valence-electron chi connectivity index (χ4n) is 3.79. The number of nitrogens with zero attached hydrogens (tertiary/aromatic N) is 1. The number of likely N-dealkylation sites (tertiary alicyclic amines) is 1. The molecule has 4 rings (SSSR count). The van der Waals surface area contributed by atoms with Crippen molar-refractivity contribution in [3.63, 3.8) is 0 Å². The Morgan fingerprint density at radius 2 is 2.10 bits per heavy atom. The summed E-state index contributed by atoms with van der Waals surface area (Å²) in [6, 6.07) is 4.64. The topological polar surface area (TPSA) is 33.7 Å². The van der Waals surface area contributed by atoms with E-state index in [1.165, 1.54) is 32.4 Å². The molecule has 1 aromatic rings. The van der Waals surface area contributed by atoms with Gasteiger partial charge >= 0.3 is 0 Å². The largest absolute Gasteiger partial charge is 0.454 e. The molecule has 2 saturated heterocycles. The maximum atomic E-state index is 6.39. The van der Waals surface area contributed by atoms with E-state index in [4.69, 9.17) is 21.1 Å². The van der Waals surface area contributed by atoms with Gasteiger partial charge in [0, 0.05) is 30.2 Å². The van der Waals surface area contributed by atoms with E-state index < -0.39 is 0 Å². The minimum absolute atomic E-state index is 0.300. The Kier molecular flexibility index (Phi) is 3.69. The molecule has 114 valence electrons. The van der Waals surface area contributed by atoms with Gasteiger partial charge in [-0.25, -0.2) is 0 Å². The molecule has 0 aromatic heterocycles. The SMILES string of the molecule is Clc1cc2c(cc1CN1CC[C@@H]3NCCC[C@@H]3C1)OCO2. The molecule has 1 N–H and O–H groups in total. The minimum atomic E-state index is 0.300. The average Bonchev–Trinajstić information content (AvgIpc) is 2.94. The molecule has 0 saturated carbocycles. The normalized spacial score (nSPS) is 28.4. The van der Waals surface area contributed by atoms with Gasteiger partial charge in [0.2, 0.25) is 6.79 Å². The first-order valence-electron chi connectivity index (χ1n) is 7.83. The highest BCUT2D eigenvalue weighted by molar-refractivity contribution is 6.31. The number of hydrogen-bond donors (Lipinski definition) is 1. The lowest BCUT2D eigenvalue weighted by Crippen LogP contribution is -2.51. The van der Waals surface area contributed by atoms with Crippen molar-refractivity contribution in [3.05, 3.63) is 22.7 Å². The van der Waals surface area contributed by atoms with Gasteiger partial charge < -0.3 is 14.8 Å². The third-order valence-corrected chi connectivity index (χ3v) is 5.26. The maximum Gasteiger partial charge on any atom is 0.231 e. The Hall–Kier alpha value is -0.970. The van der Waals surface area contributed by atoms with Gasteiger partial charge in [-0.05, 0) is 49.9 Å². The molecule has 4 nitrogen and oxygen atoms in total. The van der Waals surface area contributed by atoms with E-state index in [0.717, 1.165) is 47.1 Å². The first kappa shape index (κ1) is 13.7. The van der Waals surface area contributed by atoms with Crippen LogP contribution >= 0.6 is 11.6 Å². The summed E-state index contributed by atoms with van der Waals surface area (Å²) < 4.78 is 10.8. The lowest BCUT2D eigenvalue weighted by atomic mass is 9.85. The summed E-state index contributed by atoms with van der Waals surface area (Å²) in [5.41, 5.74) is 1.14. The smallest absolute Gasteiger partial charge is 0.231 e. The van der Waals surface area contributed by atoms with Crippen LogP contribution in [0, 0.1) is 5.92 Å². The van der Waals surface area contributed by atoms with Crippen LogP contribution in [-0.4, -0.2) is 37.4 Å². The number of rotatable bonds is 2. The van der Waals surface area contributed by atoms with Crippen LogP contribution in [0.5, 0.6) is 11.5 Å². The van der Waals surface area contributed by atoms with Crippen LogP contribution in [0.25, 0.3) is 0 Å². The van der Waals surface area contributed by atoms with Crippen LogP contribution in [0.1, 0.15) is 24.8 Å². The second-order valence-corrected chi connectivity index (χ2v) is 6.69. The van der Waals surface area contributed by atoms with Crippen LogP contribution < -0.4 is 14.8 Å². The third kappa shape index (κ3) is 2.72. The van der Waals surface area contributed by atoms with Gasteiger partial charge in [0.15, 0.2) is 11.5 Å². The van der Waals surface area contributed by atoms with Crippen molar-refractivity contribution in [1.29, 1.82) is 0 Å². The fourth-order valence-corrected chi connectivity index (χ4v) is 4.00. The highest BCUT2D eigenvalue weighted by Crippen LogP contribution is 2.37. The van der Waals surface area contributed by atoms with Gasteiger partial charge in [-0.3, -0.25) is 4.90 Å². The highest BCUT2D eigenvalue weighted by Gasteiger charge is 2.31. The third-order valence-electron chi connectivity index (χ3n) is 4.91. The molecular weight excluding hydrogens is 288 g/mol. The molecule has 3 aliphatic rings. The number of hydrogen-bond acceptors (Lipinski definition) is 4. The molecule has 0 amide bonds. The number of nitrogens with one attached hydrogen (secondary N) is 1. The summed E-state index contributed by atoms with van der Waals surface area (Å²) in [5, 5.41) is 4.44. The number of fused-ring (bicyclic) bond motifs is 2. The predicted molar refractivity (Wildman–Crippen MR) is 82.0 cm³/mol. The molecule has 5 heteroatoms. The molecule has 1 aromatic carbocycles. The minimum Gasteiger partial charge on any atom is -0.454 e. The molecule has 2 fully saturated rings. The number of benzene rings is 1. The quantitative estimate of drug-likeness (QED) is 0.911. The predicted octanol–water partition coefficient (Wildman–Crippen LogP) is 2.64. The van der Waals surface area contributed by atoms with Gasteiger partial charge in [-0.2, -0.15) is 0 Å². The summed E-state index contributed by atoms with van der Waals surface area (Å²) >= 11 is 6.39. The van der Waals surface area contributed by atoms with E-state index in [2.05, 4.69) is 10.2 Å². The Morgan fingerprint density at radius 3 is 3.00 bits per heavy atom. The molecule has 3 aliphatic heterocycles. The summed E-state index contributed by atoms with van der Waals surface area (Å²) in [7, 11) is 0. The van der Waals surface area contributed by atoms with E-state index in [1.807, 2.05) is 12.1 Å². The Labute approximate surface area is 130 Å². The molecular formula is C16H21ClN2O2. The van der Waals surface area contributed by atoms with Crippen LogP contribution in [0.2, 0.25) is 5.02 Å². The van der Waals surface area contributed by atoms with E-state index in [-0.39, 0.29) is 0 Å². The lowest BCUT2D eigenvalue weighted by Gasteiger charge is -2.41. The molecule has 2 atom stereocenters. The maximum absolute atomic E-state index is 6.39. The van der Waals surface area contributed by atoms with Crippen molar-refractivity contribution in [2.75, 3.05) is 26.4 Å². The standard InChI is InChI=1S/C16H21ClN2O2/c17-13-7-16-15(20-10-21-16)6-12(13)9-19-5-3-14-11(8-19)2-1-4-18-14/h6-7,11,14,18H,1-5,8-10H2/t11-,14+/m1/s1. The Balaban J connectivity index is 1.46. The van der Waals surface area contributed by atoms with Gasteiger partial charge in [0.25, 0.3) is 0 Å². The zero-order chi connectivity index (χ0) is 14.2. The van der Waals surface area contributed by atoms with Gasteiger partial charge in [-0.15, -0.1) is 0 Å². The number of ether oxygens (including phenoxy) is 2. The Morgan fingerprint density at radius 1 is 1.24 bits per heavy atom. The zero-order valence-corrected chi connectivity index (χ0v) is 12.9. The van der Waals surface area contributed by atoms with Crippen LogP contribution in [0.15, 0.2) is 12.1 Å². The van der Waals surface area contributed by atoms with Crippen molar-refractivity contribution in [2.24, 2.45) is 5.92 Å².